The molecule has 0 saturated heterocycles. The SMILES string of the molecule is Cc1ccc(C(Sc2nccs2)C(C)N)cc1. The van der Waals surface area contributed by atoms with Gasteiger partial charge in [-0.3, -0.25) is 0 Å². The number of hydrogen-bond donors (Lipinski definition) is 1. The highest BCUT2D eigenvalue weighted by atomic mass is 32.2. The lowest BCUT2D eigenvalue weighted by molar-refractivity contribution is 0.721. The fourth-order valence-electron chi connectivity index (χ4n) is 1.61. The van der Waals surface area contributed by atoms with Gasteiger partial charge in [0.05, 0.1) is 5.25 Å². The standard InChI is InChI=1S/C13H16N2S2/c1-9-3-5-11(6-4-9)12(10(2)14)17-13-15-7-8-16-13/h3-8,10,12H,14H2,1-2H3. The normalized spacial score (nSPS) is 14.5. The molecule has 0 amide bonds. The fourth-order valence-corrected chi connectivity index (χ4v) is 3.52. The molecule has 0 aliphatic rings. The molecule has 2 aromatic rings. The molecule has 0 fully saturated rings. The highest BCUT2D eigenvalue weighted by molar-refractivity contribution is 8.01. The Bertz CT molecular complexity index is 449. The van der Waals surface area contributed by atoms with Crippen LogP contribution in [0, 0.1) is 6.92 Å². The van der Waals surface area contributed by atoms with E-state index in [0.717, 1.165) is 4.34 Å². The largest absolute Gasteiger partial charge is 0.327 e. The first-order chi connectivity index (χ1) is 8.16. The first-order valence-electron chi connectivity index (χ1n) is 5.55. The highest BCUT2D eigenvalue weighted by Crippen LogP contribution is 2.37. The molecule has 17 heavy (non-hydrogen) atoms. The van der Waals surface area contributed by atoms with E-state index in [0.29, 0.717) is 0 Å². The van der Waals surface area contributed by atoms with E-state index in [1.54, 1.807) is 23.1 Å². The summed E-state index contributed by atoms with van der Waals surface area (Å²) in [6, 6.07) is 8.68. The molecule has 0 spiro atoms. The Balaban J connectivity index is 2.20. The zero-order valence-corrected chi connectivity index (χ0v) is 11.6. The van der Waals surface area contributed by atoms with Gasteiger partial charge in [-0.2, -0.15) is 0 Å². The minimum absolute atomic E-state index is 0.103. The monoisotopic (exact) mass is 264 g/mol. The maximum absolute atomic E-state index is 6.08. The summed E-state index contributed by atoms with van der Waals surface area (Å²) in [5.41, 5.74) is 8.62. The van der Waals surface area contributed by atoms with E-state index in [9.17, 15) is 0 Å². The van der Waals surface area contributed by atoms with Crippen molar-refractivity contribution in [3.8, 4) is 0 Å². The molecule has 2 rings (SSSR count). The summed E-state index contributed by atoms with van der Waals surface area (Å²) >= 11 is 3.41. The topological polar surface area (TPSA) is 38.9 Å². The lowest BCUT2D eigenvalue weighted by atomic mass is 10.1. The summed E-state index contributed by atoms with van der Waals surface area (Å²) in [6.07, 6.45) is 1.83. The summed E-state index contributed by atoms with van der Waals surface area (Å²) in [5, 5.41) is 2.26. The highest BCUT2D eigenvalue weighted by Gasteiger charge is 2.18. The van der Waals surface area contributed by atoms with Crippen LogP contribution in [0.5, 0.6) is 0 Å². The van der Waals surface area contributed by atoms with E-state index in [2.05, 4.69) is 36.2 Å². The number of benzene rings is 1. The second kappa shape index (κ2) is 5.67. The van der Waals surface area contributed by atoms with Gasteiger partial charge in [0.1, 0.15) is 4.34 Å². The van der Waals surface area contributed by atoms with Crippen LogP contribution in [-0.2, 0) is 0 Å². The summed E-state index contributed by atoms with van der Waals surface area (Å²) < 4.78 is 1.08. The Hall–Kier alpha value is -0.840. The molecule has 1 heterocycles. The number of hydrogen-bond acceptors (Lipinski definition) is 4. The minimum Gasteiger partial charge on any atom is -0.327 e. The van der Waals surface area contributed by atoms with Crippen LogP contribution < -0.4 is 5.73 Å². The van der Waals surface area contributed by atoms with E-state index < -0.39 is 0 Å². The van der Waals surface area contributed by atoms with Crippen molar-refractivity contribution >= 4 is 23.1 Å². The van der Waals surface area contributed by atoms with Crippen molar-refractivity contribution < 1.29 is 0 Å². The van der Waals surface area contributed by atoms with E-state index in [1.165, 1.54) is 11.1 Å². The van der Waals surface area contributed by atoms with Crippen LogP contribution in [-0.4, -0.2) is 11.0 Å². The van der Waals surface area contributed by atoms with Crippen molar-refractivity contribution in [2.24, 2.45) is 5.73 Å². The second-order valence-electron chi connectivity index (χ2n) is 4.11. The lowest BCUT2D eigenvalue weighted by Gasteiger charge is -2.19. The van der Waals surface area contributed by atoms with Gasteiger partial charge in [-0.1, -0.05) is 41.6 Å². The lowest BCUT2D eigenvalue weighted by Crippen LogP contribution is -2.22. The Labute approximate surface area is 110 Å². The molecule has 0 aliphatic carbocycles. The number of nitrogens with two attached hydrogens (primary N) is 1. The minimum atomic E-state index is 0.103. The molecule has 1 aromatic carbocycles. The smallest absolute Gasteiger partial charge is 0.150 e. The first kappa shape index (κ1) is 12.6. The van der Waals surface area contributed by atoms with Crippen LogP contribution in [0.1, 0.15) is 23.3 Å². The number of aryl methyl sites for hydroxylation is 1. The zero-order valence-electron chi connectivity index (χ0n) is 9.96. The number of nitrogens with zero attached hydrogens (tertiary/aromatic N) is 1. The first-order valence-corrected chi connectivity index (χ1v) is 7.31. The Morgan fingerprint density at radius 1 is 1.29 bits per heavy atom. The average molecular weight is 264 g/mol. The number of aromatic nitrogens is 1. The second-order valence-corrected chi connectivity index (χ2v) is 6.39. The Morgan fingerprint density at radius 3 is 2.53 bits per heavy atom. The molecule has 2 nitrogen and oxygen atoms in total. The molecule has 2 atom stereocenters. The van der Waals surface area contributed by atoms with Crippen LogP contribution >= 0.6 is 23.1 Å². The summed E-state index contributed by atoms with van der Waals surface area (Å²) in [6.45, 7) is 4.14. The average Bonchev–Trinajstić information content (AvgIpc) is 2.80. The molecular formula is C13H16N2S2. The van der Waals surface area contributed by atoms with Crippen LogP contribution in [0.15, 0.2) is 40.2 Å². The predicted octanol–water partition coefficient (Wildman–Crippen LogP) is 3.63. The van der Waals surface area contributed by atoms with Crippen molar-refractivity contribution in [2.75, 3.05) is 0 Å². The molecule has 0 bridgehead atoms. The van der Waals surface area contributed by atoms with Crippen molar-refractivity contribution in [3.05, 3.63) is 47.0 Å². The number of thiazole rings is 1. The van der Waals surface area contributed by atoms with Crippen molar-refractivity contribution in [1.82, 2.24) is 4.98 Å². The van der Waals surface area contributed by atoms with Crippen molar-refractivity contribution in [3.63, 3.8) is 0 Å². The van der Waals surface area contributed by atoms with Gasteiger partial charge >= 0.3 is 0 Å². The maximum Gasteiger partial charge on any atom is 0.150 e. The molecule has 1 aromatic heterocycles. The van der Waals surface area contributed by atoms with Crippen LogP contribution in [0.4, 0.5) is 0 Å². The number of thioether (sulfide) groups is 1. The van der Waals surface area contributed by atoms with Crippen molar-refractivity contribution in [2.45, 2.75) is 29.5 Å². The van der Waals surface area contributed by atoms with Gasteiger partial charge in [0.25, 0.3) is 0 Å². The van der Waals surface area contributed by atoms with E-state index in [4.69, 9.17) is 5.73 Å². The predicted molar refractivity (Wildman–Crippen MR) is 75.5 cm³/mol. The third kappa shape index (κ3) is 3.31. The molecule has 0 saturated carbocycles. The zero-order chi connectivity index (χ0) is 12.3. The molecule has 90 valence electrons. The van der Waals surface area contributed by atoms with E-state index >= 15 is 0 Å². The van der Waals surface area contributed by atoms with Crippen LogP contribution in [0.25, 0.3) is 0 Å². The molecule has 0 radical (unpaired) electrons. The third-order valence-corrected chi connectivity index (χ3v) is 4.93. The summed E-state index contributed by atoms with van der Waals surface area (Å²) in [4.78, 5) is 4.31. The molecule has 2 N–H and O–H groups in total. The molecule has 0 aliphatic heterocycles. The fraction of sp³-hybridized carbons (Fsp3) is 0.308. The van der Waals surface area contributed by atoms with E-state index in [-0.39, 0.29) is 11.3 Å². The van der Waals surface area contributed by atoms with Gasteiger partial charge in [0.15, 0.2) is 0 Å². The number of rotatable bonds is 4. The third-order valence-electron chi connectivity index (χ3n) is 2.52. The van der Waals surface area contributed by atoms with Gasteiger partial charge in [0, 0.05) is 17.6 Å². The van der Waals surface area contributed by atoms with Gasteiger partial charge in [-0.25, -0.2) is 4.98 Å². The van der Waals surface area contributed by atoms with Gasteiger partial charge in [-0.05, 0) is 19.4 Å². The Morgan fingerprint density at radius 2 is 2.00 bits per heavy atom. The molecule has 2 unspecified atom stereocenters. The van der Waals surface area contributed by atoms with E-state index in [1.807, 2.05) is 18.5 Å². The van der Waals surface area contributed by atoms with Crippen LogP contribution in [0.2, 0.25) is 0 Å². The maximum atomic E-state index is 6.08. The van der Waals surface area contributed by atoms with Gasteiger partial charge in [-0.15, -0.1) is 11.3 Å². The molecular weight excluding hydrogens is 248 g/mol. The summed E-state index contributed by atoms with van der Waals surface area (Å²) in [5.74, 6) is 0. The Kier molecular flexibility index (Phi) is 4.20. The van der Waals surface area contributed by atoms with Gasteiger partial charge in [0.2, 0.25) is 0 Å². The van der Waals surface area contributed by atoms with Gasteiger partial charge < -0.3 is 5.73 Å². The summed E-state index contributed by atoms with van der Waals surface area (Å²) in [7, 11) is 0. The molecule has 4 heteroatoms. The quantitative estimate of drug-likeness (QED) is 0.857. The van der Waals surface area contributed by atoms with Crippen molar-refractivity contribution in [1.29, 1.82) is 0 Å². The van der Waals surface area contributed by atoms with Crippen LogP contribution in [0.3, 0.4) is 0 Å².